The fourth-order valence-electron chi connectivity index (χ4n) is 2.05. The van der Waals surface area contributed by atoms with Crippen LogP contribution in [0.5, 0.6) is 11.5 Å². The molecule has 25 heavy (non-hydrogen) atoms. The Morgan fingerprint density at radius 2 is 1.80 bits per heavy atom. The van der Waals surface area contributed by atoms with Gasteiger partial charge in [-0.05, 0) is 40.8 Å². The Morgan fingerprint density at radius 3 is 2.44 bits per heavy atom. The molecule has 2 amide bonds. The van der Waals surface area contributed by atoms with Crippen molar-refractivity contribution in [3.8, 4) is 11.5 Å². The van der Waals surface area contributed by atoms with Crippen molar-refractivity contribution in [3.63, 3.8) is 0 Å². The molecule has 0 aromatic heterocycles. The topological polar surface area (TPSA) is 76.7 Å². The minimum absolute atomic E-state index is 0.184. The summed E-state index contributed by atoms with van der Waals surface area (Å²) in [5, 5.41) is 5.57. The first-order chi connectivity index (χ1) is 12.0. The van der Waals surface area contributed by atoms with E-state index < -0.39 is 5.91 Å². The van der Waals surface area contributed by atoms with E-state index in [4.69, 9.17) is 21.1 Å². The molecule has 132 valence electrons. The number of carbonyl (C=O) groups is 2. The summed E-state index contributed by atoms with van der Waals surface area (Å²) >= 11 is 8.13. The third-order valence-electron chi connectivity index (χ3n) is 3.28. The monoisotopic (exact) mass is 474 g/mol. The summed E-state index contributed by atoms with van der Waals surface area (Å²) in [5.74, 6) is 0.112. The molecule has 8 heteroatoms. The molecule has 6 nitrogen and oxygen atoms in total. The maximum atomic E-state index is 12.1. The van der Waals surface area contributed by atoms with Gasteiger partial charge in [-0.1, -0.05) is 23.7 Å². The molecule has 0 spiro atoms. The molecule has 0 aliphatic heterocycles. The SMILES string of the molecule is COc1cc(OC)c(NC(=O)CNC(=O)c2ccccc2I)cc1Cl. The molecule has 0 saturated heterocycles. The normalized spacial score (nSPS) is 10.1. The lowest BCUT2D eigenvalue weighted by atomic mass is 10.2. The number of amides is 2. The fraction of sp³-hybridized carbons (Fsp3) is 0.176. The molecule has 2 rings (SSSR count). The van der Waals surface area contributed by atoms with Crippen molar-refractivity contribution in [1.82, 2.24) is 5.32 Å². The number of hydrogen-bond donors (Lipinski definition) is 2. The molecule has 0 saturated carbocycles. The average molecular weight is 475 g/mol. The minimum Gasteiger partial charge on any atom is -0.495 e. The van der Waals surface area contributed by atoms with Crippen LogP contribution in [0, 0.1) is 3.57 Å². The number of rotatable bonds is 6. The Hall–Kier alpha value is -2.00. The number of carbonyl (C=O) groups excluding carboxylic acids is 2. The van der Waals surface area contributed by atoms with Crippen molar-refractivity contribution in [1.29, 1.82) is 0 Å². The molecule has 2 aromatic rings. The van der Waals surface area contributed by atoms with Crippen molar-refractivity contribution in [3.05, 3.63) is 50.6 Å². The summed E-state index contributed by atoms with van der Waals surface area (Å²) in [6.45, 7) is -0.184. The second-order valence-electron chi connectivity index (χ2n) is 4.90. The first-order valence-electron chi connectivity index (χ1n) is 7.20. The third kappa shape index (κ3) is 4.99. The van der Waals surface area contributed by atoms with Crippen molar-refractivity contribution in [2.24, 2.45) is 0 Å². The van der Waals surface area contributed by atoms with E-state index in [1.165, 1.54) is 20.3 Å². The molecule has 0 aliphatic carbocycles. The van der Waals surface area contributed by atoms with Crippen LogP contribution in [0.4, 0.5) is 5.69 Å². The van der Waals surface area contributed by atoms with Gasteiger partial charge in [-0.25, -0.2) is 0 Å². The van der Waals surface area contributed by atoms with Gasteiger partial charge in [0.2, 0.25) is 5.91 Å². The Morgan fingerprint density at radius 1 is 1.12 bits per heavy atom. The number of halogens is 2. The molecule has 2 N–H and O–H groups in total. The summed E-state index contributed by atoms with van der Waals surface area (Å²) in [4.78, 5) is 24.2. The average Bonchev–Trinajstić information content (AvgIpc) is 2.60. The van der Waals surface area contributed by atoms with E-state index in [0.29, 0.717) is 27.8 Å². The molecular weight excluding hydrogens is 459 g/mol. The van der Waals surface area contributed by atoms with Gasteiger partial charge in [0.05, 0.1) is 37.0 Å². The van der Waals surface area contributed by atoms with E-state index in [1.54, 1.807) is 18.2 Å². The number of methoxy groups -OCH3 is 2. The van der Waals surface area contributed by atoms with E-state index in [0.717, 1.165) is 3.57 Å². The lowest BCUT2D eigenvalue weighted by Gasteiger charge is -2.13. The number of hydrogen-bond acceptors (Lipinski definition) is 4. The van der Waals surface area contributed by atoms with Crippen LogP contribution in [-0.4, -0.2) is 32.6 Å². The number of ether oxygens (including phenoxy) is 2. The molecule has 0 radical (unpaired) electrons. The molecular formula is C17H16ClIN2O4. The lowest BCUT2D eigenvalue weighted by Crippen LogP contribution is -2.33. The van der Waals surface area contributed by atoms with Crippen molar-refractivity contribution >= 4 is 51.7 Å². The Kier molecular flexibility index (Phi) is 6.89. The van der Waals surface area contributed by atoms with E-state index in [2.05, 4.69) is 33.2 Å². The first kappa shape index (κ1) is 19.3. The van der Waals surface area contributed by atoms with Crippen LogP contribution in [0.3, 0.4) is 0 Å². The smallest absolute Gasteiger partial charge is 0.252 e. The summed E-state index contributed by atoms with van der Waals surface area (Å²) in [6.07, 6.45) is 0. The maximum Gasteiger partial charge on any atom is 0.252 e. The summed E-state index contributed by atoms with van der Waals surface area (Å²) in [6, 6.07) is 10.2. The standard InChI is InChI=1S/C17H16ClIN2O4/c1-24-14-8-15(25-2)13(7-11(14)18)21-16(22)9-20-17(23)10-5-3-4-6-12(10)19/h3-8H,9H2,1-2H3,(H,20,23)(H,21,22). The molecule has 0 unspecified atom stereocenters. The predicted molar refractivity (Wildman–Crippen MR) is 105 cm³/mol. The Bertz CT molecular complexity index is 798. The van der Waals surface area contributed by atoms with Crippen LogP contribution < -0.4 is 20.1 Å². The van der Waals surface area contributed by atoms with Gasteiger partial charge in [-0.2, -0.15) is 0 Å². The largest absolute Gasteiger partial charge is 0.495 e. The molecule has 0 aliphatic rings. The van der Waals surface area contributed by atoms with Crippen LogP contribution in [-0.2, 0) is 4.79 Å². The Labute approximate surface area is 164 Å². The molecule has 0 atom stereocenters. The van der Waals surface area contributed by atoms with Gasteiger partial charge < -0.3 is 20.1 Å². The number of benzene rings is 2. The zero-order valence-electron chi connectivity index (χ0n) is 13.6. The summed E-state index contributed by atoms with van der Waals surface area (Å²) in [5.41, 5.74) is 0.905. The first-order valence-corrected chi connectivity index (χ1v) is 8.66. The second kappa shape index (κ2) is 8.91. The summed E-state index contributed by atoms with van der Waals surface area (Å²) in [7, 11) is 2.96. The molecule has 0 heterocycles. The van der Waals surface area contributed by atoms with E-state index in [9.17, 15) is 9.59 Å². The molecule has 2 aromatic carbocycles. The van der Waals surface area contributed by atoms with E-state index in [-0.39, 0.29) is 12.5 Å². The van der Waals surface area contributed by atoms with Gasteiger partial charge in [-0.3, -0.25) is 9.59 Å². The van der Waals surface area contributed by atoms with Crippen LogP contribution in [0.2, 0.25) is 5.02 Å². The highest BCUT2D eigenvalue weighted by Crippen LogP contribution is 2.35. The second-order valence-corrected chi connectivity index (χ2v) is 6.47. The fourth-order valence-corrected chi connectivity index (χ4v) is 2.93. The summed E-state index contributed by atoms with van der Waals surface area (Å²) < 4.78 is 11.1. The zero-order valence-corrected chi connectivity index (χ0v) is 16.5. The van der Waals surface area contributed by atoms with Crippen LogP contribution in [0.25, 0.3) is 0 Å². The van der Waals surface area contributed by atoms with Crippen molar-refractivity contribution < 1.29 is 19.1 Å². The van der Waals surface area contributed by atoms with Gasteiger partial charge in [0.1, 0.15) is 11.5 Å². The van der Waals surface area contributed by atoms with E-state index >= 15 is 0 Å². The maximum absolute atomic E-state index is 12.1. The van der Waals surface area contributed by atoms with Crippen LogP contribution in [0.15, 0.2) is 36.4 Å². The highest BCUT2D eigenvalue weighted by Gasteiger charge is 2.14. The third-order valence-corrected chi connectivity index (χ3v) is 4.51. The van der Waals surface area contributed by atoms with Gasteiger partial charge in [0, 0.05) is 9.64 Å². The van der Waals surface area contributed by atoms with Crippen LogP contribution >= 0.6 is 34.2 Å². The highest BCUT2D eigenvalue weighted by molar-refractivity contribution is 14.1. The van der Waals surface area contributed by atoms with Gasteiger partial charge in [0.25, 0.3) is 5.91 Å². The lowest BCUT2D eigenvalue weighted by molar-refractivity contribution is -0.115. The van der Waals surface area contributed by atoms with Crippen LogP contribution in [0.1, 0.15) is 10.4 Å². The number of anilines is 1. The zero-order chi connectivity index (χ0) is 18.4. The van der Waals surface area contributed by atoms with Gasteiger partial charge >= 0.3 is 0 Å². The van der Waals surface area contributed by atoms with Crippen molar-refractivity contribution in [2.75, 3.05) is 26.1 Å². The van der Waals surface area contributed by atoms with Gasteiger partial charge in [-0.15, -0.1) is 0 Å². The Balaban J connectivity index is 2.02. The van der Waals surface area contributed by atoms with E-state index in [1.807, 2.05) is 12.1 Å². The molecule has 0 fully saturated rings. The predicted octanol–water partition coefficient (Wildman–Crippen LogP) is 3.33. The van der Waals surface area contributed by atoms with Crippen molar-refractivity contribution in [2.45, 2.75) is 0 Å². The minimum atomic E-state index is -0.404. The molecule has 0 bridgehead atoms. The highest BCUT2D eigenvalue weighted by atomic mass is 127. The quantitative estimate of drug-likeness (QED) is 0.630. The van der Waals surface area contributed by atoms with Gasteiger partial charge in [0.15, 0.2) is 0 Å². The number of nitrogens with one attached hydrogen (secondary N) is 2.